The van der Waals surface area contributed by atoms with Gasteiger partial charge in [-0.2, -0.15) is 0 Å². The molecule has 2 N–H and O–H groups in total. The van der Waals surface area contributed by atoms with Gasteiger partial charge in [0.05, 0.1) is 31.7 Å². The summed E-state index contributed by atoms with van der Waals surface area (Å²) in [7, 11) is 0. The molecule has 2 aromatic rings. The summed E-state index contributed by atoms with van der Waals surface area (Å²) in [5, 5.41) is 5.76. The average Bonchev–Trinajstić information content (AvgIpc) is 2.63. The molecule has 1 aromatic carbocycles. The molecular weight excluding hydrogens is 363 g/mol. The van der Waals surface area contributed by atoms with Gasteiger partial charge in [-0.25, -0.2) is 14.4 Å². The first-order chi connectivity index (χ1) is 12.2. The predicted molar refractivity (Wildman–Crippen MR) is 96.4 cm³/mol. The summed E-state index contributed by atoms with van der Waals surface area (Å²) in [6.45, 7) is 4.15. The summed E-state index contributed by atoms with van der Waals surface area (Å²) < 4.78 is 25.0. The van der Waals surface area contributed by atoms with E-state index in [0.29, 0.717) is 36.9 Å². The van der Waals surface area contributed by atoms with Crippen molar-refractivity contribution >= 4 is 24.0 Å². The number of hydrogen-bond donors (Lipinski definition) is 2. The molecule has 1 amide bonds. The number of amides is 1. The SMILES string of the molecule is CCOc1cnc(C(=O)Nc2ccc([C@H]3CNCCO3)c(F)c2)cn1.Cl. The molecule has 1 aliphatic heterocycles. The predicted octanol–water partition coefficient (Wildman–Crippen LogP) is 2.35. The first-order valence-electron chi connectivity index (χ1n) is 8.05. The number of nitrogens with zero attached hydrogens (tertiary/aromatic N) is 2. The van der Waals surface area contributed by atoms with E-state index in [2.05, 4.69) is 20.6 Å². The fraction of sp³-hybridized carbons (Fsp3) is 0.353. The van der Waals surface area contributed by atoms with Gasteiger partial charge in [0, 0.05) is 24.3 Å². The molecule has 9 heteroatoms. The Morgan fingerprint density at radius 2 is 2.27 bits per heavy atom. The monoisotopic (exact) mass is 382 g/mol. The fourth-order valence-electron chi connectivity index (χ4n) is 2.48. The number of rotatable bonds is 5. The van der Waals surface area contributed by atoms with Crippen LogP contribution in [-0.2, 0) is 4.74 Å². The van der Waals surface area contributed by atoms with Crippen LogP contribution < -0.4 is 15.4 Å². The normalized spacial score (nSPS) is 16.5. The van der Waals surface area contributed by atoms with E-state index < -0.39 is 11.7 Å². The maximum Gasteiger partial charge on any atom is 0.275 e. The Kier molecular flexibility index (Phi) is 7.26. The molecule has 7 nitrogen and oxygen atoms in total. The van der Waals surface area contributed by atoms with Gasteiger partial charge in [-0.1, -0.05) is 6.07 Å². The number of aromatic nitrogens is 2. The molecule has 0 unspecified atom stereocenters. The zero-order valence-electron chi connectivity index (χ0n) is 14.2. The van der Waals surface area contributed by atoms with Crippen LogP contribution in [0.25, 0.3) is 0 Å². The van der Waals surface area contributed by atoms with Crippen LogP contribution in [0.1, 0.15) is 29.1 Å². The first-order valence-corrected chi connectivity index (χ1v) is 8.05. The van der Waals surface area contributed by atoms with Gasteiger partial charge in [-0.15, -0.1) is 12.4 Å². The van der Waals surface area contributed by atoms with Crippen LogP contribution in [0.3, 0.4) is 0 Å². The minimum absolute atomic E-state index is 0. The Labute approximate surface area is 156 Å². The van der Waals surface area contributed by atoms with Crippen molar-refractivity contribution in [3.63, 3.8) is 0 Å². The summed E-state index contributed by atoms with van der Waals surface area (Å²) in [5.41, 5.74) is 0.921. The Hall–Kier alpha value is -2.29. The smallest absolute Gasteiger partial charge is 0.275 e. The number of carbonyl (C=O) groups is 1. The highest BCUT2D eigenvalue weighted by Gasteiger charge is 2.20. The molecule has 1 aromatic heterocycles. The highest BCUT2D eigenvalue weighted by molar-refractivity contribution is 6.02. The van der Waals surface area contributed by atoms with E-state index in [1.807, 2.05) is 6.92 Å². The summed E-state index contributed by atoms with van der Waals surface area (Å²) >= 11 is 0. The van der Waals surface area contributed by atoms with Crippen molar-refractivity contribution in [1.29, 1.82) is 0 Å². The van der Waals surface area contributed by atoms with Gasteiger partial charge in [-0.3, -0.25) is 4.79 Å². The lowest BCUT2D eigenvalue weighted by Gasteiger charge is -2.24. The zero-order chi connectivity index (χ0) is 17.6. The van der Waals surface area contributed by atoms with Gasteiger partial charge in [0.1, 0.15) is 11.5 Å². The Morgan fingerprint density at radius 1 is 1.42 bits per heavy atom. The molecule has 140 valence electrons. The fourth-order valence-corrected chi connectivity index (χ4v) is 2.48. The number of morpholine rings is 1. The number of ether oxygens (including phenoxy) is 2. The van der Waals surface area contributed by atoms with Gasteiger partial charge in [0.2, 0.25) is 5.88 Å². The summed E-state index contributed by atoms with van der Waals surface area (Å²) in [6, 6.07) is 4.52. The van der Waals surface area contributed by atoms with Crippen molar-refractivity contribution in [2.45, 2.75) is 13.0 Å². The first kappa shape index (κ1) is 20.0. The maximum absolute atomic E-state index is 14.3. The van der Waals surface area contributed by atoms with Crippen molar-refractivity contribution in [3.05, 3.63) is 47.7 Å². The van der Waals surface area contributed by atoms with Crippen molar-refractivity contribution in [1.82, 2.24) is 15.3 Å². The van der Waals surface area contributed by atoms with Crippen LogP contribution in [0.4, 0.5) is 10.1 Å². The highest BCUT2D eigenvalue weighted by atomic mass is 35.5. The van der Waals surface area contributed by atoms with Crippen molar-refractivity contribution in [2.24, 2.45) is 0 Å². The van der Waals surface area contributed by atoms with Crippen LogP contribution in [0.2, 0.25) is 0 Å². The molecule has 26 heavy (non-hydrogen) atoms. The molecule has 2 heterocycles. The van der Waals surface area contributed by atoms with Crippen LogP contribution in [-0.4, -0.2) is 42.2 Å². The highest BCUT2D eigenvalue weighted by Crippen LogP contribution is 2.24. The summed E-state index contributed by atoms with van der Waals surface area (Å²) in [6.07, 6.45) is 2.36. The Morgan fingerprint density at radius 3 is 2.88 bits per heavy atom. The number of benzene rings is 1. The van der Waals surface area contributed by atoms with Gasteiger partial charge in [-0.05, 0) is 19.1 Å². The van der Waals surface area contributed by atoms with E-state index in [-0.39, 0.29) is 24.2 Å². The van der Waals surface area contributed by atoms with E-state index in [0.717, 1.165) is 6.54 Å². The number of anilines is 1. The molecule has 1 fully saturated rings. The number of nitrogens with one attached hydrogen (secondary N) is 2. The maximum atomic E-state index is 14.3. The second kappa shape index (κ2) is 9.42. The third-order valence-corrected chi connectivity index (χ3v) is 3.69. The van der Waals surface area contributed by atoms with E-state index in [4.69, 9.17) is 9.47 Å². The molecule has 0 spiro atoms. The lowest BCUT2D eigenvalue weighted by Crippen LogP contribution is -2.33. The van der Waals surface area contributed by atoms with Crippen LogP contribution in [0.5, 0.6) is 5.88 Å². The molecule has 1 saturated heterocycles. The lowest BCUT2D eigenvalue weighted by atomic mass is 10.1. The number of hydrogen-bond acceptors (Lipinski definition) is 6. The average molecular weight is 383 g/mol. The third kappa shape index (κ3) is 4.87. The molecule has 3 rings (SSSR count). The number of halogens is 2. The zero-order valence-corrected chi connectivity index (χ0v) is 15.0. The topological polar surface area (TPSA) is 85.4 Å². The number of carbonyl (C=O) groups excluding carboxylic acids is 1. The largest absolute Gasteiger partial charge is 0.477 e. The van der Waals surface area contributed by atoms with Gasteiger partial charge in [0.15, 0.2) is 0 Å². The molecule has 1 atom stereocenters. The van der Waals surface area contributed by atoms with Crippen LogP contribution in [0, 0.1) is 5.82 Å². The van der Waals surface area contributed by atoms with Gasteiger partial charge < -0.3 is 20.1 Å². The second-order valence-corrected chi connectivity index (χ2v) is 5.43. The van der Waals surface area contributed by atoms with E-state index in [9.17, 15) is 9.18 Å². The second-order valence-electron chi connectivity index (χ2n) is 5.43. The molecule has 0 aliphatic carbocycles. The molecular formula is C17H20ClFN4O3. The van der Waals surface area contributed by atoms with E-state index in [1.54, 1.807) is 12.1 Å². The van der Waals surface area contributed by atoms with Gasteiger partial charge >= 0.3 is 0 Å². The van der Waals surface area contributed by atoms with Crippen LogP contribution >= 0.6 is 12.4 Å². The summed E-state index contributed by atoms with van der Waals surface area (Å²) in [5.74, 6) is -0.557. The standard InChI is InChI=1S/C17H19FN4O3.ClH/c1-2-24-16-10-20-14(8-21-16)17(23)22-11-3-4-12(13(18)7-11)15-9-19-5-6-25-15;/h3-4,7-8,10,15,19H,2,5-6,9H2,1H3,(H,22,23);1H/t15-;/m1./s1. The van der Waals surface area contributed by atoms with Crippen molar-refractivity contribution < 1.29 is 18.7 Å². The summed E-state index contributed by atoms with van der Waals surface area (Å²) in [4.78, 5) is 20.1. The Balaban J connectivity index is 0.00000243. The lowest BCUT2D eigenvalue weighted by molar-refractivity contribution is 0.0255. The van der Waals surface area contributed by atoms with E-state index in [1.165, 1.54) is 18.5 Å². The molecule has 0 radical (unpaired) electrons. The molecule has 0 saturated carbocycles. The molecule has 0 bridgehead atoms. The van der Waals surface area contributed by atoms with Gasteiger partial charge in [0.25, 0.3) is 5.91 Å². The minimum atomic E-state index is -0.474. The van der Waals surface area contributed by atoms with Crippen molar-refractivity contribution in [2.75, 3.05) is 31.6 Å². The molecule has 1 aliphatic rings. The van der Waals surface area contributed by atoms with Crippen molar-refractivity contribution in [3.8, 4) is 5.88 Å². The Bertz CT molecular complexity index is 739. The minimum Gasteiger partial charge on any atom is -0.477 e. The third-order valence-electron chi connectivity index (χ3n) is 3.69. The quantitative estimate of drug-likeness (QED) is 0.825. The van der Waals surface area contributed by atoms with E-state index >= 15 is 0 Å². The van der Waals surface area contributed by atoms with Crippen LogP contribution in [0.15, 0.2) is 30.6 Å².